The van der Waals surface area contributed by atoms with E-state index in [4.69, 9.17) is 23.7 Å². The monoisotopic (exact) mass is 364 g/mol. The van der Waals surface area contributed by atoms with Crippen LogP contribution in [-0.2, 0) is 14.2 Å². The van der Waals surface area contributed by atoms with E-state index in [1.54, 1.807) is 0 Å². The summed E-state index contributed by atoms with van der Waals surface area (Å²) < 4.78 is 27.3. The number of rotatable bonds is 8. The topological polar surface area (TPSA) is 46.2 Å². The third-order valence-corrected chi connectivity index (χ3v) is 5.61. The molecular weight excluding hydrogens is 332 g/mol. The molecule has 0 atom stereocenters. The molecule has 5 nitrogen and oxygen atoms in total. The van der Waals surface area contributed by atoms with E-state index in [1.807, 2.05) is 24.3 Å². The van der Waals surface area contributed by atoms with Gasteiger partial charge in [-0.1, -0.05) is 19.9 Å². The lowest BCUT2D eigenvalue weighted by molar-refractivity contribution is -0.134. The Morgan fingerprint density at radius 2 is 1.23 bits per heavy atom. The van der Waals surface area contributed by atoms with Crippen molar-refractivity contribution in [2.24, 2.45) is 10.8 Å². The molecule has 26 heavy (non-hydrogen) atoms. The zero-order valence-corrected chi connectivity index (χ0v) is 16.1. The molecular formula is C21H32O5. The van der Waals surface area contributed by atoms with Gasteiger partial charge in [0.05, 0.1) is 50.5 Å². The number of hydrogen-bond donors (Lipinski definition) is 0. The average molecular weight is 364 g/mol. The molecule has 0 bridgehead atoms. The van der Waals surface area contributed by atoms with Gasteiger partial charge in [-0.2, -0.15) is 0 Å². The van der Waals surface area contributed by atoms with Crippen LogP contribution in [0.3, 0.4) is 0 Å². The Morgan fingerprint density at radius 3 is 1.50 bits per heavy atom. The molecule has 0 saturated carbocycles. The van der Waals surface area contributed by atoms with Gasteiger partial charge in [-0.3, -0.25) is 0 Å². The van der Waals surface area contributed by atoms with Crippen molar-refractivity contribution in [2.45, 2.75) is 33.1 Å². The van der Waals surface area contributed by atoms with Crippen LogP contribution in [0.5, 0.6) is 11.5 Å². The summed E-state index contributed by atoms with van der Waals surface area (Å²) in [5.41, 5.74) is 0.402. The van der Waals surface area contributed by atoms with Crippen LogP contribution in [0.2, 0.25) is 0 Å². The van der Waals surface area contributed by atoms with Crippen molar-refractivity contribution >= 4 is 0 Å². The van der Waals surface area contributed by atoms with Crippen LogP contribution in [0.4, 0.5) is 0 Å². The minimum absolute atomic E-state index is 0.201. The smallest absolute Gasteiger partial charge is 0.123 e. The highest BCUT2D eigenvalue weighted by molar-refractivity contribution is 5.33. The summed E-state index contributed by atoms with van der Waals surface area (Å²) in [5.74, 6) is 1.74. The van der Waals surface area contributed by atoms with Gasteiger partial charge in [-0.25, -0.2) is 0 Å². The molecule has 3 heterocycles. The maximum atomic E-state index is 5.96. The Kier molecular flexibility index (Phi) is 6.79. The molecule has 3 saturated heterocycles. The van der Waals surface area contributed by atoms with Crippen LogP contribution >= 0.6 is 0 Å². The Morgan fingerprint density at radius 1 is 0.808 bits per heavy atom. The Hall–Kier alpha value is -1.30. The average Bonchev–Trinajstić information content (AvgIpc) is 2.53. The predicted octanol–water partition coefficient (Wildman–Crippen LogP) is 3.70. The molecule has 1 aromatic rings. The lowest BCUT2D eigenvalue weighted by Crippen LogP contribution is -2.46. The first-order valence-electron chi connectivity index (χ1n) is 9.78. The summed E-state index contributed by atoms with van der Waals surface area (Å²) in [6.07, 6.45) is 3.45. The van der Waals surface area contributed by atoms with Crippen molar-refractivity contribution in [3.8, 4) is 11.5 Å². The maximum absolute atomic E-state index is 5.96. The first-order valence-corrected chi connectivity index (χ1v) is 9.78. The molecule has 1 aromatic carbocycles. The molecule has 3 aliphatic heterocycles. The van der Waals surface area contributed by atoms with Crippen molar-refractivity contribution in [2.75, 3.05) is 52.9 Å². The van der Waals surface area contributed by atoms with Crippen LogP contribution in [0.15, 0.2) is 24.3 Å². The maximum Gasteiger partial charge on any atom is 0.123 e. The standard InChI is InChI=1S/C18H26O4.C3H6O/c1-3-17(9-19-10-17)13-21-15-6-5-7-16(8-15)22-14-18(4-2)11-20-12-18;1-2-4-3-1/h5-8H,3-4,9-14H2,1-2H3;1-3H2. The van der Waals surface area contributed by atoms with E-state index in [0.717, 1.165) is 64.0 Å². The van der Waals surface area contributed by atoms with Gasteiger partial charge in [-0.15, -0.1) is 0 Å². The van der Waals surface area contributed by atoms with Crippen LogP contribution in [-0.4, -0.2) is 52.9 Å². The molecule has 5 heteroatoms. The fourth-order valence-electron chi connectivity index (χ4n) is 2.83. The van der Waals surface area contributed by atoms with Crippen LogP contribution < -0.4 is 9.47 Å². The van der Waals surface area contributed by atoms with Gasteiger partial charge >= 0.3 is 0 Å². The summed E-state index contributed by atoms with van der Waals surface area (Å²) in [7, 11) is 0. The van der Waals surface area contributed by atoms with Gasteiger partial charge in [0.2, 0.25) is 0 Å². The quantitative estimate of drug-likeness (QED) is 0.704. The highest BCUT2D eigenvalue weighted by Crippen LogP contribution is 2.34. The SMILES string of the molecule is C1COC1.CCC1(COc2cccc(OCC3(CC)COC3)c2)COC1. The largest absolute Gasteiger partial charge is 0.493 e. The Bertz CT molecular complexity index is 491. The van der Waals surface area contributed by atoms with Crippen molar-refractivity contribution in [3.63, 3.8) is 0 Å². The normalized spacial score (nSPS) is 21.9. The third-order valence-electron chi connectivity index (χ3n) is 5.61. The molecule has 3 aliphatic rings. The van der Waals surface area contributed by atoms with Gasteiger partial charge in [-0.05, 0) is 31.4 Å². The first kappa shape index (κ1) is 19.5. The van der Waals surface area contributed by atoms with Gasteiger partial charge < -0.3 is 23.7 Å². The lowest BCUT2D eigenvalue weighted by atomic mass is 9.84. The second-order valence-electron chi connectivity index (χ2n) is 7.71. The summed E-state index contributed by atoms with van der Waals surface area (Å²) in [4.78, 5) is 0. The minimum atomic E-state index is 0.201. The van der Waals surface area contributed by atoms with Gasteiger partial charge in [0, 0.05) is 19.3 Å². The van der Waals surface area contributed by atoms with Gasteiger partial charge in [0.25, 0.3) is 0 Å². The zero-order chi connectivity index (χ0) is 18.3. The molecule has 146 valence electrons. The van der Waals surface area contributed by atoms with E-state index in [2.05, 4.69) is 13.8 Å². The molecule has 0 aliphatic carbocycles. The number of benzene rings is 1. The van der Waals surface area contributed by atoms with Crippen LogP contribution in [0.1, 0.15) is 33.1 Å². The summed E-state index contributed by atoms with van der Waals surface area (Å²) in [6, 6.07) is 7.93. The van der Waals surface area contributed by atoms with E-state index in [0.29, 0.717) is 13.2 Å². The summed E-state index contributed by atoms with van der Waals surface area (Å²) >= 11 is 0. The summed E-state index contributed by atoms with van der Waals surface area (Å²) in [6.45, 7) is 11.0. The molecule has 0 unspecified atom stereocenters. The van der Waals surface area contributed by atoms with Crippen molar-refractivity contribution in [1.82, 2.24) is 0 Å². The molecule has 0 amide bonds. The van der Waals surface area contributed by atoms with Crippen molar-refractivity contribution < 1.29 is 23.7 Å². The van der Waals surface area contributed by atoms with E-state index < -0.39 is 0 Å². The zero-order valence-electron chi connectivity index (χ0n) is 16.1. The second-order valence-corrected chi connectivity index (χ2v) is 7.71. The minimum Gasteiger partial charge on any atom is -0.493 e. The molecule has 3 fully saturated rings. The highest BCUT2D eigenvalue weighted by Gasteiger charge is 2.38. The highest BCUT2D eigenvalue weighted by atomic mass is 16.5. The van der Waals surface area contributed by atoms with E-state index in [9.17, 15) is 0 Å². The lowest BCUT2D eigenvalue weighted by Gasteiger charge is -2.40. The Balaban J connectivity index is 0.000000433. The molecule has 0 N–H and O–H groups in total. The predicted molar refractivity (Wildman–Crippen MR) is 100.0 cm³/mol. The fraction of sp³-hybridized carbons (Fsp3) is 0.714. The van der Waals surface area contributed by atoms with E-state index in [1.165, 1.54) is 6.42 Å². The Labute approximate surface area is 156 Å². The fourth-order valence-corrected chi connectivity index (χ4v) is 2.83. The first-order chi connectivity index (χ1) is 12.7. The van der Waals surface area contributed by atoms with E-state index >= 15 is 0 Å². The third kappa shape index (κ3) is 4.90. The molecule has 4 rings (SSSR count). The van der Waals surface area contributed by atoms with Crippen molar-refractivity contribution in [3.05, 3.63) is 24.3 Å². The molecule has 0 radical (unpaired) electrons. The number of hydrogen-bond acceptors (Lipinski definition) is 5. The van der Waals surface area contributed by atoms with Gasteiger partial charge in [0.15, 0.2) is 0 Å². The van der Waals surface area contributed by atoms with Crippen molar-refractivity contribution in [1.29, 1.82) is 0 Å². The van der Waals surface area contributed by atoms with E-state index in [-0.39, 0.29) is 10.8 Å². The summed E-state index contributed by atoms with van der Waals surface area (Å²) in [5, 5.41) is 0. The molecule has 0 spiro atoms. The second kappa shape index (κ2) is 9.07. The number of ether oxygens (including phenoxy) is 5. The van der Waals surface area contributed by atoms with Gasteiger partial charge in [0.1, 0.15) is 11.5 Å². The van der Waals surface area contributed by atoms with Crippen LogP contribution in [0, 0.1) is 10.8 Å². The van der Waals surface area contributed by atoms with Crippen LogP contribution in [0.25, 0.3) is 0 Å². The molecule has 0 aromatic heterocycles.